The lowest BCUT2D eigenvalue weighted by Crippen LogP contribution is -2.32. The number of aromatic nitrogens is 2. The Bertz CT molecular complexity index is 1930. The second-order valence-electron chi connectivity index (χ2n) is 11.4. The van der Waals surface area contributed by atoms with Crippen molar-refractivity contribution in [3.63, 3.8) is 0 Å². The third kappa shape index (κ3) is 7.53. The number of para-hydroxylation sites is 1. The average Bonchev–Trinajstić information content (AvgIpc) is 3.69. The highest BCUT2D eigenvalue weighted by Crippen LogP contribution is 2.40. The summed E-state index contributed by atoms with van der Waals surface area (Å²) in [7, 11) is 0. The van der Waals surface area contributed by atoms with Crippen LogP contribution in [-0.4, -0.2) is 40.4 Å². The summed E-state index contributed by atoms with van der Waals surface area (Å²) < 4.78 is 12.9. The van der Waals surface area contributed by atoms with Gasteiger partial charge in [-0.15, -0.1) is 11.3 Å². The predicted octanol–water partition coefficient (Wildman–Crippen LogP) is 6.57. The molecule has 2 aromatic heterocycles. The number of hydrogen-bond acceptors (Lipinski definition) is 8. The Labute approximate surface area is 282 Å². The van der Waals surface area contributed by atoms with Gasteiger partial charge in [0, 0.05) is 22.2 Å². The molecule has 0 saturated heterocycles. The Hall–Kier alpha value is -5.55. The van der Waals surface area contributed by atoms with Gasteiger partial charge in [0.05, 0.1) is 24.1 Å². The van der Waals surface area contributed by atoms with Crippen LogP contribution in [0, 0.1) is 5.92 Å². The number of anilines is 1. The summed E-state index contributed by atoms with van der Waals surface area (Å²) >= 11 is 1.32. The molecule has 11 heteroatoms. The number of fused-ring (bicyclic) bond motifs is 1. The minimum absolute atomic E-state index is 0.206. The van der Waals surface area contributed by atoms with Crippen molar-refractivity contribution in [2.24, 2.45) is 11.0 Å². The number of hydrogen-bond donors (Lipinski definition) is 2. The predicted molar refractivity (Wildman–Crippen MR) is 186 cm³/mol. The highest BCUT2D eigenvalue weighted by Gasteiger charge is 2.30. The van der Waals surface area contributed by atoms with Gasteiger partial charge < -0.3 is 14.8 Å². The van der Waals surface area contributed by atoms with Crippen molar-refractivity contribution < 1.29 is 23.9 Å². The van der Waals surface area contributed by atoms with Gasteiger partial charge in [-0.2, -0.15) is 10.2 Å². The molecule has 2 N–H and O–H groups in total. The molecule has 1 atom stereocenters. The number of nitrogens with one attached hydrogen (secondary N) is 2. The van der Waals surface area contributed by atoms with Crippen molar-refractivity contribution in [2.45, 2.75) is 39.7 Å². The van der Waals surface area contributed by atoms with E-state index in [1.807, 2.05) is 84.9 Å². The molecule has 2 heterocycles. The Morgan fingerprint density at radius 3 is 2.46 bits per heavy atom. The lowest BCUT2D eigenvalue weighted by atomic mass is 9.88. The lowest BCUT2D eigenvalue weighted by molar-refractivity contribution is -0.136. The summed E-state index contributed by atoms with van der Waals surface area (Å²) in [6, 6.07) is 27.1. The van der Waals surface area contributed by atoms with E-state index < -0.39 is 17.8 Å². The van der Waals surface area contributed by atoms with E-state index in [4.69, 9.17) is 14.6 Å². The van der Waals surface area contributed by atoms with E-state index in [0.717, 1.165) is 46.5 Å². The maximum Gasteiger partial charge on any atom is 0.341 e. The Morgan fingerprint density at radius 1 is 1.00 bits per heavy atom. The number of benzene rings is 3. The minimum Gasteiger partial charge on any atom is -0.489 e. The molecule has 0 spiro atoms. The van der Waals surface area contributed by atoms with Gasteiger partial charge in [-0.1, -0.05) is 55.5 Å². The lowest BCUT2D eigenvalue weighted by Gasteiger charge is -2.18. The Kier molecular flexibility index (Phi) is 10.1. The summed E-state index contributed by atoms with van der Waals surface area (Å²) in [4.78, 5) is 39.6. The van der Waals surface area contributed by atoms with E-state index in [0.29, 0.717) is 40.1 Å². The normalized spacial score (nSPS) is 13.9. The first-order valence-electron chi connectivity index (χ1n) is 15.8. The van der Waals surface area contributed by atoms with Gasteiger partial charge in [0.1, 0.15) is 23.1 Å². The number of amides is 2. The van der Waals surface area contributed by atoms with Crippen molar-refractivity contribution in [3.05, 3.63) is 118 Å². The van der Waals surface area contributed by atoms with Crippen LogP contribution < -0.4 is 15.5 Å². The molecule has 0 unspecified atom stereocenters. The summed E-state index contributed by atoms with van der Waals surface area (Å²) in [5, 5.41) is 11.8. The SMILES string of the molecule is CCOC(=O)c1c(NC(=O)C(=O)N/N=C\c2cn(-c3ccccc3)nc2-c2ccc(OCc3ccccc3)cc2)sc2c1CC[C@@H](C)C2. The van der Waals surface area contributed by atoms with Crippen molar-refractivity contribution >= 4 is 40.3 Å². The molecule has 6 rings (SSSR count). The molecule has 1 aliphatic carbocycles. The minimum atomic E-state index is -0.974. The smallest absolute Gasteiger partial charge is 0.341 e. The van der Waals surface area contributed by atoms with Crippen LogP contribution in [-0.2, 0) is 33.8 Å². The largest absolute Gasteiger partial charge is 0.489 e. The summed E-state index contributed by atoms with van der Waals surface area (Å²) in [6.07, 6.45) is 5.70. The monoisotopic (exact) mass is 661 g/mol. The molecule has 3 aromatic carbocycles. The zero-order valence-electron chi connectivity index (χ0n) is 26.6. The zero-order valence-corrected chi connectivity index (χ0v) is 27.5. The zero-order chi connectivity index (χ0) is 33.5. The fraction of sp³-hybridized carbons (Fsp3) is 0.216. The fourth-order valence-electron chi connectivity index (χ4n) is 5.50. The summed E-state index contributed by atoms with van der Waals surface area (Å²) in [6.45, 7) is 4.54. The second kappa shape index (κ2) is 14.9. The van der Waals surface area contributed by atoms with Crippen molar-refractivity contribution in [1.29, 1.82) is 0 Å². The Morgan fingerprint density at radius 2 is 1.73 bits per heavy atom. The maximum absolute atomic E-state index is 12.9. The molecule has 48 heavy (non-hydrogen) atoms. The van der Waals surface area contributed by atoms with Crippen LogP contribution in [0.4, 0.5) is 5.00 Å². The summed E-state index contributed by atoms with van der Waals surface area (Å²) in [5.74, 6) is -1.23. The van der Waals surface area contributed by atoms with Crippen molar-refractivity contribution in [2.75, 3.05) is 11.9 Å². The molecule has 0 radical (unpaired) electrons. The number of esters is 1. The average molecular weight is 662 g/mol. The molecule has 10 nitrogen and oxygen atoms in total. The van der Waals surface area contributed by atoms with Crippen molar-refractivity contribution in [3.8, 4) is 22.7 Å². The molecular formula is C37H35N5O5S. The topological polar surface area (TPSA) is 124 Å². The summed E-state index contributed by atoms with van der Waals surface area (Å²) in [5.41, 5.74) is 7.50. The number of thiophene rings is 1. The van der Waals surface area contributed by atoms with E-state index >= 15 is 0 Å². The molecular weight excluding hydrogens is 627 g/mol. The Balaban J connectivity index is 1.18. The molecule has 0 aliphatic heterocycles. The third-order valence-electron chi connectivity index (χ3n) is 7.93. The number of carbonyl (C=O) groups excluding carboxylic acids is 3. The van der Waals surface area contributed by atoms with Gasteiger partial charge in [-0.05, 0) is 79.6 Å². The van der Waals surface area contributed by atoms with Crippen LogP contribution in [0.5, 0.6) is 5.75 Å². The highest BCUT2D eigenvalue weighted by atomic mass is 32.1. The molecule has 0 fully saturated rings. The molecule has 0 bridgehead atoms. The standard InChI is InChI=1S/C37H35N5O5S/c1-3-46-37(45)32-30-19-14-24(2)20-31(30)48-36(32)39-34(43)35(44)40-38-21-27-22-42(28-12-8-5-9-13-28)41-33(27)26-15-17-29(18-16-26)47-23-25-10-6-4-7-11-25/h4-13,15-18,21-22,24H,3,14,19-20,23H2,1-2H3,(H,39,43)(H,40,44)/b38-21-/t24-/m1/s1. The third-order valence-corrected chi connectivity index (χ3v) is 9.10. The number of hydrazone groups is 1. The van der Waals surface area contributed by atoms with Gasteiger partial charge in [0.2, 0.25) is 0 Å². The van der Waals surface area contributed by atoms with Crippen LogP contribution in [0.15, 0.2) is 96.2 Å². The first kappa shape index (κ1) is 32.4. The molecule has 0 saturated carbocycles. The van der Waals surface area contributed by atoms with Crippen LogP contribution in [0.2, 0.25) is 0 Å². The van der Waals surface area contributed by atoms with Gasteiger partial charge in [-0.25, -0.2) is 14.9 Å². The first-order chi connectivity index (χ1) is 23.4. The quantitative estimate of drug-likeness (QED) is 0.0756. The van der Waals surface area contributed by atoms with Crippen molar-refractivity contribution in [1.82, 2.24) is 15.2 Å². The van der Waals surface area contributed by atoms with E-state index in [1.54, 1.807) is 17.8 Å². The van der Waals surface area contributed by atoms with Gasteiger partial charge in [0.15, 0.2) is 0 Å². The van der Waals surface area contributed by atoms with Crippen LogP contribution in [0.25, 0.3) is 16.9 Å². The van der Waals surface area contributed by atoms with E-state index in [9.17, 15) is 14.4 Å². The maximum atomic E-state index is 12.9. The molecule has 5 aromatic rings. The number of carbonyl (C=O) groups is 3. The van der Waals surface area contributed by atoms with Crippen LogP contribution in [0.3, 0.4) is 0 Å². The van der Waals surface area contributed by atoms with Gasteiger partial charge in [0.25, 0.3) is 0 Å². The number of nitrogens with zero attached hydrogens (tertiary/aromatic N) is 3. The second-order valence-corrected chi connectivity index (χ2v) is 12.5. The van der Waals surface area contributed by atoms with E-state index in [1.165, 1.54) is 17.6 Å². The fourth-order valence-corrected chi connectivity index (χ4v) is 6.89. The number of rotatable bonds is 10. The van der Waals surface area contributed by atoms with Gasteiger partial charge >= 0.3 is 17.8 Å². The van der Waals surface area contributed by atoms with Crippen LogP contribution in [0.1, 0.15) is 52.2 Å². The molecule has 1 aliphatic rings. The highest BCUT2D eigenvalue weighted by molar-refractivity contribution is 7.17. The van der Waals surface area contributed by atoms with Crippen LogP contribution >= 0.6 is 11.3 Å². The number of ether oxygens (including phenoxy) is 2. The van der Waals surface area contributed by atoms with E-state index in [-0.39, 0.29) is 6.61 Å². The molecule has 244 valence electrons. The van der Waals surface area contributed by atoms with E-state index in [2.05, 4.69) is 22.8 Å². The van der Waals surface area contributed by atoms with Gasteiger partial charge in [-0.3, -0.25) is 9.59 Å². The molecule has 2 amide bonds. The first-order valence-corrected chi connectivity index (χ1v) is 16.6.